The molecule has 2 aromatic carbocycles. The van der Waals surface area contributed by atoms with Crippen molar-refractivity contribution in [1.82, 2.24) is 0 Å². The molecule has 0 N–H and O–H groups in total. The van der Waals surface area contributed by atoms with Crippen LogP contribution in [-0.2, 0) is 5.33 Å². The van der Waals surface area contributed by atoms with Crippen molar-refractivity contribution in [2.45, 2.75) is 26.1 Å². The topological polar surface area (TPSA) is 0 Å². The second kappa shape index (κ2) is 7.59. The number of alkyl halides is 1. The fourth-order valence-electron chi connectivity index (χ4n) is 1.61. The van der Waals surface area contributed by atoms with Crippen LogP contribution in [0.25, 0.3) is 0 Å². The summed E-state index contributed by atoms with van der Waals surface area (Å²) in [5.74, 6) is -2.00. The molecule has 0 radical (unpaired) electrons. The summed E-state index contributed by atoms with van der Waals surface area (Å²) in [7, 11) is 0. The molecule has 0 unspecified atom stereocenters. The van der Waals surface area contributed by atoms with E-state index in [0.29, 0.717) is 27.6 Å². The first kappa shape index (κ1) is 17.7. The fraction of sp³-hybridized carbons (Fsp3) is 0.250. The van der Waals surface area contributed by atoms with Gasteiger partial charge in [-0.25, -0.2) is 17.6 Å². The van der Waals surface area contributed by atoms with Gasteiger partial charge in [0.25, 0.3) is 0 Å². The lowest BCUT2D eigenvalue weighted by Gasteiger charge is -2.02. The van der Waals surface area contributed by atoms with Gasteiger partial charge < -0.3 is 0 Å². The molecule has 0 spiro atoms. The number of rotatable bonds is 1. The second-order valence-electron chi connectivity index (χ2n) is 4.63. The summed E-state index contributed by atoms with van der Waals surface area (Å²) >= 11 is 3.14. The molecule has 0 fully saturated rings. The largest absolute Gasteiger partial charge is 0.207 e. The zero-order chi connectivity index (χ0) is 16.2. The molecular weight excluding hydrogens is 348 g/mol. The highest BCUT2D eigenvalue weighted by Crippen LogP contribution is 2.17. The number of hydrogen-bond donors (Lipinski definition) is 0. The molecule has 2 aromatic rings. The van der Waals surface area contributed by atoms with Crippen LogP contribution in [0, 0.1) is 44.0 Å². The lowest BCUT2D eigenvalue weighted by atomic mass is 10.1. The molecule has 2 rings (SSSR count). The summed E-state index contributed by atoms with van der Waals surface area (Å²) in [6.07, 6.45) is 0. The lowest BCUT2D eigenvalue weighted by Crippen LogP contribution is -1.91. The Labute approximate surface area is 129 Å². The molecule has 0 saturated carbocycles. The summed E-state index contributed by atoms with van der Waals surface area (Å²) in [6, 6.07) is 4.43. The molecule has 0 nitrogen and oxygen atoms in total. The van der Waals surface area contributed by atoms with Gasteiger partial charge in [0.15, 0.2) is 0 Å². The van der Waals surface area contributed by atoms with Crippen molar-refractivity contribution in [3.05, 3.63) is 69.8 Å². The maximum Gasteiger partial charge on any atom is 0.129 e. The van der Waals surface area contributed by atoms with Crippen LogP contribution >= 0.6 is 15.9 Å². The number of aryl methyl sites for hydroxylation is 1. The first-order valence-corrected chi connectivity index (χ1v) is 7.31. The first-order valence-electron chi connectivity index (χ1n) is 6.19. The van der Waals surface area contributed by atoms with Crippen LogP contribution < -0.4 is 0 Å². The normalized spacial score (nSPS) is 10.1. The quantitative estimate of drug-likeness (QED) is 0.447. The van der Waals surface area contributed by atoms with E-state index in [1.54, 1.807) is 20.8 Å². The van der Waals surface area contributed by atoms with Gasteiger partial charge in [-0.3, -0.25) is 0 Å². The Morgan fingerprint density at radius 3 is 1.71 bits per heavy atom. The number of hydrogen-bond acceptors (Lipinski definition) is 0. The van der Waals surface area contributed by atoms with Crippen molar-refractivity contribution in [3.8, 4) is 0 Å². The molecule has 21 heavy (non-hydrogen) atoms. The maximum absolute atomic E-state index is 12.8. The van der Waals surface area contributed by atoms with Gasteiger partial charge in [-0.05, 0) is 55.2 Å². The zero-order valence-corrected chi connectivity index (χ0v) is 13.5. The van der Waals surface area contributed by atoms with Gasteiger partial charge in [0, 0.05) is 17.5 Å². The minimum atomic E-state index is -0.525. The van der Waals surface area contributed by atoms with E-state index in [9.17, 15) is 17.6 Å². The highest BCUT2D eigenvalue weighted by atomic mass is 79.9. The van der Waals surface area contributed by atoms with Gasteiger partial charge >= 0.3 is 0 Å². The molecule has 0 saturated heterocycles. The summed E-state index contributed by atoms with van der Waals surface area (Å²) in [4.78, 5) is 0. The summed E-state index contributed by atoms with van der Waals surface area (Å²) < 4.78 is 50.3. The predicted molar refractivity (Wildman–Crippen MR) is 79.6 cm³/mol. The molecular formula is C16H15BrF4. The highest BCUT2D eigenvalue weighted by Gasteiger charge is 2.05. The van der Waals surface area contributed by atoms with Crippen molar-refractivity contribution in [2.75, 3.05) is 0 Å². The Kier molecular flexibility index (Phi) is 6.40. The van der Waals surface area contributed by atoms with Gasteiger partial charge in [-0.2, -0.15) is 0 Å². The standard InChI is InChI=1S/C8H7BrF2.C8H8F2/c1-5-6(4-9)2-7(10)3-8(5)11;1-5-3-7(9)4-8(10)6(5)2/h2-3H,4H2,1H3;3-4H,1-2H3. The average molecular weight is 363 g/mol. The van der Waals surface area contributed by atoms with Gasteiger partial charge in [0.05, 0.1) is 0 Å². The molecule has 0 heterocycles. The van der Waals surface area contributed by atoms with E-state index < -0.39 is 23.3 Å². The minimum Gasteiger partial charge on any atom is -0.207 e. The van der Waals surface area contributed by atoms with Crippen LogP contribution in [-0.4, -0.2) is 0 Å². The van der Waals surface area contributed by atoms with Gasteiger partial charge in [-0.1, -0.05) is 15.9 Å². The van der Waals surface area contributed by atoms with E-state index in [-0.39, 0.29) is 0 Å². The van der Waals surface area contributed by atoms with Crippen LogP contribution in [0.15, 0.2) is 24.3 Å². The van der Waals surface area contributed by atoms with Gasteiger partial charge in [-0.15, -0.1) is 0 Å². The molecule has 0 bridgehead atoms. The third-order valence-corrected chi connectivity index (χ3v) is 3.73. The second-order valence-corrected chi connectivity index (χ2v) is 5.20. The minimum absolute atomic E-state index is 0.475. The third kappa shape index (κ3) is 4.84. The van der Waals surface area contributed by atoms with Crippen LogP contribution in [0.2, 0.25) is 0 Å². The van der Waals surface area contributed by atoms with Crippen molar-refractivity contribution in [1.29, 1.82) is 0 Å². The van der Waals surface area contributed by atoms with Crippen LogP contribution in [0.3, 0.4) is 0 Å². The monoisotopic (exact) mass is 362 g/mol. The van der Waals surface area contributed by atoms with E-state index in [1.807, 2.05) is 0 Å². The number of halogens is 5. The third-order valence-electron chi connectivity index (χ3n) is 3.13. The molecule has 0 atom stereocenters. The molecule has 0 aliphatic rings. The molecule has 0 aromatic heterocycles. The van der Waals surface area contributed by atoms with E-state index in [4.69, 9.17) is 0 Å². The molecule has 0 aliphatic carbocycles. The van der Waals surface area contributed by atoms with Gasteiger partial charge in [0.2, 0.25) is 0 Å². The summed E-state index contributed by atoms with van der Waals surface area (Å²) in [5.41, 5.74) is 2.32. The smallest absolute Gasteiger partial charge is 0.129 e. The average Bonchev–Trinajstić information content (AvgIpc) is 2.40. The SMILES string of the molecule is Cc1c(F)cc(F)cc1CBr.Cc1cc(F)cc(F)c1C. The predicted octanol–water partition coefficient (Wildman–Crippen LogP) is 5.75. The van der Waals surface area contributed by atoms with Crippen LogP contribution in [0.1, 0.15) is 22.3 Å². The fourth-order valence-corrected chi connectivity index (χ4v) is 2.19. The van der Waals surface area contributed by atoms with Crippen LogP contribution in [0.4, 0.5) is 17.6 Å². The Bertz CT molecular complexity index is 615. The Morgan fingerprint density at radius 1 is 0.762 bits per heavy atom. The van der Waals surface area contributed by atoms with Crippen LogP contribution in [0.5, 0.6) is 0 Å². The molecule has 5 heteroatoms. The van der Waals surface area contributed by atoms with Crippen molar-refractivity contribution < 1.29 is 17.6 Å². The molecule has 0 amide bonds. The molecule has 0 aliphatic heterocycles. The van der Waals surface area contributed by atoms with E-state index in [1.165, 1.54) is 12.1 Å². The van der Waals surface area contributed by atoms with Crippen molar-refractivity contribution in [3.63, 3.8) is 0 Å². The van der Waals surface area contributed by atoms with E-state index in [0.717, 1.165) is 12.1 Å². The van der Waals surface area contributed by atoms with Crippen molar-refractivity contribution >= 4 is 15.9 Å². The van der Waals surface area contributed by atoms with E-state index >= 15 is 0 Å². The maximum atomic E-state index is 12.8. The molecule has 114 valence electrons. The Hall–Kier alpha value is -1.36. The Balaban J connectivity index is 0.000000211. The van der Waals surface area contributed by atoms with Gasteiger partial charge in [0.1, 0.15) is 23.3 Å². The Morgan fingerprint density at radius 2 is 1.24 bits per heavy atom. The zero-order valence-electron chi connectivity index (χ0n) is 11.9. The van der Waals surface area contributed by atoms with E-state index in [2.05, 4.69) is 15.9 Å². The summed E-state index contributed by atoms with van der Waals surface area (Å²) in [6.45, 7) is 4.94. The number of benzene rings is 2. The van der Waals surface area contributed by atoms with Crippen molar-refractivity contribution in [2.24, 2.45) is 0 Å². The summed E-state index contributed by atoms with van der Waals surface area (Å²) in [5, 5.41) is 0.480. The highest BCUT2D eigenvalue weighted by molar-refractivity contribution is 9.08. The first-order chi connectivity index (χ1) is 9.76. The lowest BCUT2D eigenvalue weighted by molar-refractivity contribution is 0.574.